The molecule has 31 heavy (non-hydrogen) atoms. The van der Waals surface area contributed by atoms with Crippen molar-refractivity contribution in [1.82, 2.24) is 5.32 Å². The molecule has 2 aliphatic rings. The zero-order chi connectivity index (χ0) is 22.8. The van der Waals surface area contributed by atoms with Crippen LogP contribution in [0.4, 0.5) is 4.79 Å². The smallest absolute Gasteiger partial charge is 0.438 e. The minimum absolute atomic E-state index is 0.0398. The number of nitrogens with one attached hydrogen (secondary N) is 1. The molecule has 1 aliphatic carbocycles. The van der Waals surface area contributed by atoms with Gasteiger partial charge in [-0.3, -0.25) is 9.59 Å². The molecule has 0 radical (unpaired) electrons. The van der Waals surface area contributed by atoms with Crippen LogP contribution in [0.1, 0.15) is 33.6 Å². The quantitative estimate of drug-likeness (QED) is 0.242. The Bertz CT molecular complexity index is 946. The summed E-state index contributed by atoms with van der Waals surface area (Å²) in [4.78, 5) is 38.6. The molecule has 2 atom stereocenters. The zero-order valence-electron chi connectivity index (χ0n) is 18.0. The van der Waals surface area contributed by atoms with Crippen LogP contribution in [0, 0.1) is 11.8 Å². The predicted molar refractivity (Wildman–Crippen MR) is 117 cm³/mol. The number of hydrogen-bond acceptors (Lipinski definition) is 4. The van der Waals surface area contributed by atoms with E-state index in [-0.39, 0.29) is 37.4 Å². The minimum atomic E-state index is -0.973. The average molecular weight is 426 g/mol. The van der Waals surface area contributed by atoms with Crippen LogP contribution in [-0.2, 0) is 14.3 Å². The van der Waals surface area contributed by atoms with Gasteiger partial charge in [0.25, 0.3) is 6.73 Å². The first-order chi connectivity index (χ1) is 14.8. The number of carbonyl (C=O) groups excluding carboxylic acids is 2. The lowest BCUT2D eigenvalue weighted by molar-refractivity contribution is -0.517. The number of aliphatic imine (C=N–C) groups is 1. The third-order valence-corrected chi connectivity index (χ3v) is 4.64. The Hall–Kier alpha value is -3.51. The fraction of sp³-hybridized carbons (Fsp3) is 0.391. The van der Waals surface area contributed by atoms with Gasteiger partial charge in [0.05, 0.1) is 6.42 Å². The normalized spacial score (nSPS) is 18.6. The minimum Gasteiger partial charge on any atom is -0.481 e. The summed E-state index contributed by atoms with van der Waals surface area (Å²) in [6, 6.07) is 0. The van der Waals surface area contributed by atoms with Crippen molar-refractivity contribution in [3.8, 4) is 0 Å². The molecule has 8 nitrogen and oxygen atoms in total. The van der Waals surface area contributed by atoms with Crippen molar-refractivity contribution in [2.45, 2.75) is 33.6 Å². The molecule has 0 spiro atoms. The van der Waals surface area contributed by atoms with Crippen LogP contribution in [0.3, 0.4) is 0 Å². The fourth-order valence-corrected chi connectivity index (χ4v) is 3.05. The second kappa shape index (κ2) is 11.6. The SMILES string of the molecule is C/C=C\C=C(/C)CC(C)/C=N/C(=O)OC[N+]1=CC=C(C(=O)NCCC(=O)O)[C@@H]2C=C=C21. The molecule has 0 aromatic heterocycles. The van der Waals surface area contributed by atoms with Crippen molar-refractivity contribution < 1.29 is 28.8 Å². The predicted octanol–water partition coefficient (Wildman–Crippen LogP) is 2.98. The summed E-state index contributed by atoms with van der Waals surface area (Å²) in [5, 5.41) is 11.2. The van der Waals surface area contributed by atoms with Crippen molar-refractivity contribution in [1.29, 1.82) is 0 Å². The first-order valence-electron chi connectivity index (χ1n) is 10.1. The number of ether oxygens (including phenoxy) is 1. The fourth-order valence-electron chi connectivity index (χ4n) is 3.05. The van der Waals surface area contributed by atoms with Gasteiger partial charge < -0.3 is 15.2 Å². The molecule has 0 fully saturated rings. The highest BCUT2D eigenvalue weighted by Gasteiger charge is 2.37. The molecule has 1 heterocycles. The number of carbonyl (C=O) groups is 3. The molecule has 2 N–H and O–H groups in total. The van der Waals surface area contributed by atoms with Crippen molar-refractivity contribution >= 4 is 30.4 Å². The van der Waals surface area contributed by atoms with E-state index in [4.69, 9.17) is 9.84 Å². The Balaban J connectivity index is 1.86. The second-order valence-electron chi connectivity index (χ2n) is 7.35. The molecule has 1 unspecified atom stereocenters. The molecular weight excluding hydrogens is 398 g/mol. The van der Waals surface area contributed by atoms with Gasteiger partial charge in [-0.25, -0.2) is 4.79 Å². The molecule has 0 saturated heterocycles. The Morgan fingerprint density at radius 3 is 2.84 bits per heavy atom. The van der Waals surface area contributed by atoms with E-state index < -0.39 is 12.1 Å². The van der Waals surface area contributed by atoms with Gasteiger partial charge in [0.1, 0.15) is 5.92 Å². The number of hydrogen-bond donors (Lipinski definition) is 2. The van der Waals surface area contributed by atoms with E-state index in [2.05, 4.69) is 16.0 Å². The summed E-state index contributed by atoms with van der Waals surface area (Å²) < 4.78 is 6.88. The van der Waals surface area contributed by atoms with E-state index >= 15 is 0 Å². The maximum absolute atomic E-state index is 12.2. The van der Waals surface area contributed by atoms with Crippen molar-refractivity contribution in [3.05, 3.63) is 53.0 Å². The maximum atomic E-state index is 12.2. The summed E-state index contributed by atoms with van der Waals surface area (Å²) >= 11 is 0. The van der Waals surface area contributed by atoms with Crippen LogP contribution in [0.15, 0.2) is 57.9 Å². The summed E-state index contributed by atoms with van der Waals surface area (Å²) in [6.07, 6.45) is 12.5. The number of amides is 2. The molecule has 1 aliphatic heterocycles. The lowest BCUT2D eigenvalue weighted by atomic mass is 9.87. The summed E-state index contributed by atoms with van der Waals surface area (Å²) in [5.74, 6) is -1.46. The number of allylic oxidation sites excluding steroid dienone is 5. The topological polar surface area (TPSA) is 108 Å². The van der Waals surface area contributed by atoms with E-state index in [0.29, 0.717) is 11.3 Å². The first kappa shape index (κ1) is 23.8. The Kier molecular flexibility index (Phi) is 8.91. The Labute approximate surface area is 181 Å². The number of carboxylic acids is 1. The van der Waals surface area contributed by atoms with Gasteiger partial charge in [-0.1, -0.05) is 36.5 Å². The lowest BCUT2D eigenvalue weighted by Gasteiger charge is -2.22. The van der Waals surface area contributed by atoms with Crippen molar-refractivity contribution in [2.75, 3.05) is 13.3 Å². The van der Waals surface area contributed by atoms with E-state index in [1.54, 1.807) is 29.2 Å². The maximum Gasteiger partial charge on any atom is 0.438 e. The molecule has 0 saturated carbocycles. The van der Waals surface area contributed by atoms with Crippen LogP contribution in [0.25, 0.3) is 0 Å². The zero-order valence-corrected chi connectivity index (χ0v) is 18.0. The molecule has 8 heteroatoms. The van der Waals surface area contributed by atoms with E-state index in [1.165, 1.54) is 5.57 Å². The molecular formula is C23H28N3O5+. The summed E-state index contributed by atoms with van der Waals surface area (Å²) in [5.41, 5.74) is 5.40. The highest BCUT2D eigenvalue weighted by atomic mass is 16.6. The van der Waals surface area contributed by atoms with Gasteiger partial charge >= 0.3 is 12.1 Å². The van der Waals surface area contributed by atoms with Crippen LogP contribution in [0.2, 0.25) is 0 Å². The molecule has 0 bridgehead atoms. The van der Waals surface area contributed by atoms with Gasteiger partial charge in [0.15, 0.2) is 6.21 Å². The summed E-state index contributed by atoms with van der Waals surface area (Å²) in [6.45, 7) is 5.98. The van der Waals surface area contributed by atoms with Crippen molar-refractivity contribution in [3.63, 3.8) is 0 Å². The third-order valence-electron chi connectivity index (χ3n) is 4.64. The second-order valence-corrected chi connectivity index (χ2v) is 7.35. The van der Waals surface area contributed by atoms with E-state index in [1.807, 2.05) is 39.0 Å². The largest absolute Gasteiger partial charge is 0.481 e. The lowest BCUT2D eigenvalue weighted by Crippen LogP contribution is -2.36. The molecule has 0 aromatic rings. The van der Waals surface area contributed by atoms with Gasteiger partial charge in [-0.15, -0.1) is 0 Å². The number of nitrogens with zero attached hydrogens (tertiary/aromatic N) is 2. The summed E-state index contributed by atoms with van der Waals surface area (Å²) in [7, 11) is 0. The van der Waals surface area contributed by atoms with Gasteiger partial charge in [0.2, 0.25) is 11.6 Å². The van der Waals surface area contributed by atoms with Crippen LogP contribution in [-0.4, -0.2) is 53.4 Å². The van der Waals surface area contributed by atoms with Gasteiger partial charge in [-0.05, 0) is 32.3 Å². The van der Waals surface area contributed by atoms with Crippen LogP contribution < -0.4 is 5.32 Å². The van der Waals surface area contributed by atoms with Crippen LogP contribution >= 0.6 is 0 Å². The van der Waals surface area contributed by atoms with Crippen molar-refractivity contribution in [2.24, 2.45) is 16.8 Å². The standard InChI is InChI=1S/C23H27N3O5/c1-4-5-6-16(2)13-17(3)14-25-23(30)31-15-26-12-10-19(18-7-8-20(18)26)22(29)24-11-9-21(27)28/h4-7,10,12,14,17-18H,9,11,13,15H2,1-3H3,(H-,24,27,28,29)/p+1/b5-4-,16-6+,25-14+/t17?,18-/m0/s1. The number of aliphatic carboxylic acids is 1. The monoisotopic (exact) mass is 426 g/mol. The molecule has 2 rings (SSSR count). The van der Waals surface area contributed by atoms with Gasteiger partial charge in [0, 0.05) is 24.4 Å². The Morgan fingerprint density at radius 2 is 2.19 bits per heavy atom. The first-order valence-corrected chi connectivity index (χ1v) is 10.1. The van der Waals surface area contributed by atoms with Gasteiger partial charge in [-0.2, -0.15) is 9.57 Å². The molecule has 0 aromatic carbocycles. The average Bonchev–Trinajstić information content (AvgIpc) is 2.69. The van der Waals surface area contributed by atoms with E-state index in [0.717, 1.165) is 6.42 Å². The number of rotatable bonds is 10. The van der Waals surface area contributed by atoms with E-state index in [9.17, 15) is 14.4 Å². The number of fused-ring (bicyclic) bond motifs is 1. The van der Waals surface area contributed by atoms with Crippen LogP contribution in [0.5, 0.6) is 0 Å². The molecule has 164 valence electrons. The number of carboxylic acid groups (broad SMARTS) is 1. The highest BCUT2D eigenvalue weighted by molar-refractivity contribution is 5.99. The third kappa shape index (κ3) is 7.35. The molecule has 2 amide bonds. The highest BCUT2D eigenvalue weighted by Crippen LogP contribution is 2.30. The Morgan fingerprint density at radius 1 is 1.42 bits per heavy atom.